The van der Waals surface area contributed by atoms with Gasteiger partial charge in [0.2, 0.25) is 0 Å². The van der Waals surface area contributed by atoms with Gasteiger partial charge in [-0.1, -0.05) is 56.5 Å². The highest BCUT2D eigenvalue weighted by Gasteiger charge is 2.24. The summed E-state index contributed by atoms with van der Waals surface area (Å²) in [5, 5.41) is 7.62. The number of piperazine rings is 1. The van der Waals surface area contributed by atoms with Crippen molar-refractivity contribution in [2.75, 3.05) is 56.2 Å². The molecule has 2 heterocycles. The number of rotatable bonds is 13. The molecule has 0 spiro atoms. The Labute approximate surface area is 262 Å². The minimum atomic E-state index is -0.536. The van der Waals surface area contributed by atoms with Crippen molar-refractivity contribution >= 4 is 23.9 Å². The van der Waals surface area contributed by atoms with Crippen molar-refractivity contribution in [3.63, 3.8) is 0 Å². The molecule has 1 unspecified atom stereocenters. The number of carbonyl (C=O) groups excluding carboxylic acids is 2. The summed E-state index contributed by atoms with van der Waals surface area (Å²) in [6.07, 6.45) is 7.23. The SMILES string of the molecule is C=C/C=C\C(=C)COC(=O)N1CCN(c2ccc(-c3ccc(N(C)CC(Cn4ccnn4)OC=O)cc3F)cc2F)CC1.CC. The Balaban J connectivity index is 0.00000271. The predicted octanol–water partition coefficient (Wildman–Crippen LogP) is 5.48. The van der Waals surface area contributed by atoms with Crippen LogP contribution < -0.4 is 9.80 Å². The Kier molecular flexibility index (Phi) is 13.3. The maximum absolute atomic E-state index is 15.2. The Hall–Kier alpha value is -5.00. The highest BCUT2D eigenvalue weighted by Crippen LogP contribution is 2.31. The first-order chi connectivity index (χ1) is 21.8. The van der Waals surface area contributed by atoms with Crippen molar-refractivity contribution in [3.8, 4) is 11.1 Å². The number of allylic oxidation sites excluding steroid dienone is 2. The second kappa shape index (κ2) is 17.3. The first-order valence-electron chi connectivity index (χ1n) is 14.7. The monoisotopic (exact) mass is 622 g/mol. The second-order valence-corrected chi connectivity index (χ2v) is 9.97. The fourth-order valence-electron chi connectivity index (χ4n) is 4.71. The molecule has 12 heteroatoms. The van der Waals surface area contributed by atoms with Gasteiger partial charge in [-0.25, -0.2) is 18.3 Å². The van der Waals surface area contributed by atoms with Crippen LogP contribution in [-0.4, -0.2) is 84.9 Å². The Morgan fingerprint density at radius 2 is 1.87 bits per heavy atom. The number of hydrogen-bond acceptors (Lipinski definition) is 8. The van der Waals surface area contributed by atoms with Gasteiger partial charge in [0.05, 0.1) is 25.0 Å². The average molecular weight is 623 g/mol. The topological polar surface area (TPSA) is 93.0 Å². The summed E-state index contributed by atoms with van der Waals surface area (Å²) < 4.78 is 42.5. The lowest BCUT2D eigenvalue weighted by atomic mass is 10.0. The van der Waals surface area contributed by atoms with Crippen LogP contribution in [0.1, 0.15) is 13.8 Å². The van der Waals surface area contributed by atoms with E-state index in [1.54, 1.807) is 70.2 Å². The van der Waals surface area contributed by atoms with Crippen molar-refractivity contribution in [1.29, 1.82) is 0 Å². The maximum Gasteiger partial charge on any atom is 0.410 e. The van der Waals surface area contributed by atoms with Gasteiger partial charge in [-0.15, -0.1) is 5.10 Å². The molecule has 1 fully saturated rings. The molecule has 1 amide bonds. The van der Waals surface area contributed by atoms with Crippen molar-refractivity contribution in [2.45, 2.75) is 26.5 Å². The maximum atomic E-state index is 15.2. The summed E-state index contributed by atoms with van der Waals surface area (Å²) in [6.45, 7) is 14.0. The fraction of sp³-hybridized carbons (Fsp3) is 0.333. The quantitative estimate of drug-likeness (QED) is 0.183. The number of hydrogen-bond donors (Lipinski definition) is 0. The number of carbonyl (C=O) groups is 2. The molecule has 2 aromatic carbocycles. The third-order valence-electron chi connectivity index (χ3n) is 6.97. The lowest BCUT2D eigenvalue weighted by molar-refractivity contribution is -0.133. The van der Waals surface area contributed by atoms with E-state index < -0.39 is 23.8 Å². The van der Waals surface area contributed by atoms with Crippen LogP contribution in [0, 0.1) is 11.6 Å². The highest BCUT2D eigenvalue weighted by atomic mass is 19.1. The zero-order chi connectivity index (χ0) is 32.8. The first-order valence-corrected chi connectivity index (χ1v) is 14.7. The van der Waals surface area contributed by atoms with E-state index in [-0.39, 0.29) is 18.7 Å². The van der Waals surface area contributed by atoms with Crippen LogP contribution in [0.4, 0.5) is 25.0 Å². The summed E-state index contributed by atoms with van der Waals surface area (Å²) in [5.41, 5.74) is 2.23. The number of ether oxygens (including phenoxy) is 2. The molecule has 10 nitrogen and oxygen atoms in total. The van der Waals surface area contributed by atoms with Gasteiger partial charge in [0.15, 0.2) is 0 Å². The van der Waals surface area contributed by atoms with Gasteiger partial charge in [0.1, 0.15) is 24.3 Å². The summed E-state index contributed by atoms with van der Waals surface area (Å²) in [7, 11) is 1.75. The van der Waals surface area contributed by atoms with Gasteiger partial charge in [-0.2, -0.15) is 0 Å². The molecule has 4 rings (SSSR count). The zero-order valence-electron chi connectivity index (χ0n) is 25.9. The predicted molar refractivity (Wildman–Crippen MR) is 171 cm³/mol. The molecule has 45 heavy (non-hydrogen) atoms. The van der Waals surface area contributed by atoms with Crippen molar-refractivity contribution in [2.24, 2.45) is 0 Å². The van der Waals surface area contributed by atoms with Crippen molar-refractivity contribution < 1.29 is 27.8 Å². The molecule has 0 bridgehead atoms. The highest BCUT2D eigenvalue weighted by molar-refractivity contribution is 5.71. The lowest BCUT2D eigenvalue weighted by Crippen LogP contribution is -2.49. The molecular weight excluding hydrogens is 582 g/mol. The summed E-state index contributed by atoms with van der Waals surface area (Å²) in [6, 6.07) is 9.29. The molecule has 1 saturated heterocycles. The standard InChI is InChI=1S/C31H34F2N6O4.C2H6/c1-4-5-6-23(2)21-42-31(41)38-15-13-37(14-16-38)30-10-7-24(17-29(30)33)27-9-8-25(18-28(27)32)36(3)19-26(43-22-40)20-39-12-11-34-35-39;1-2/h4-12,17-18,22,26H,1-2,13-16,19-21H2,3H3;1-2H3/b6-5-;. The second-order valence-electron chi connectivity index (χ2n) is 9.97. The minimum absolute atomic E-state index is 0.0758. The molecule has 0 saturated carbocycles. The molecule has 0 aliphatic carbocycles. The first kappa shape index (κ1) is 34.5. The largest absolute Gasteiger partial charge is 0.461 e. The van der Waals surface area contributed by atoms with Gasteiger partial charge < -0.3 is 24.2 Å². The number of likely N-dealkylation sites (N-methyl/N-ethyl adjacent to an activating group) is 1. The summed E-state index contributed by atoms with van der Waals surface area (Å²) >= 11 is 0. The number of nitrogens with zero attached hydrogens (tertiary/aromatic N) is 6. The van der Waals surface area contributed by atoms with Crippen LogP contribution >= 0.6 is 0 Å². The number of anilines is 2. The minimum Gasteiger partial charge on any atom is -0.461 e. The van der Waals surface area contributed by atoms with Crippen LogP contribution in [0.15, 0.2) is 85.8 Å². The van der Waals surface area contributed by atoms with Gasteiger partial charge in [0.25, 0.3) is 6.47 Å². The Morgan fingerprint density at radius 1 is 1.11 bits per heavy atom. The van der Waals surface area contributed by atoms with Crippen molar-refractivity contribution in [3.05, 3.63) is 97.4 Å². The molecular formula is C33H40F2N6O4. The molecule has 240 valence electrons. The summed E-state index contributed by atoms with van der Waals surface area (Å²) in [5.74, 6) is -1.00. The van der Waals surface area contributed by atoms with Crippen LogP contribution in [-0.2, 0) is 20.8 Å². The van der Waals surface area contributed by atoms with E-state index in [0.717, 1.165) is 0 Å². The molecule has 1 atom stereocenters. The lowest BCUT2D eigenvalue weighted by Gasteiger charge is -2.35. The third-order valence-corrected chi connectivity index (χ3v) is 6.97. The molecule has 1 aliphatic heterocycles. The van der Waals surface area contributed by atoms with Crippen molar-refractivity contribution in [1.82, 2.24) is 19.9 Å². The fourth-order valence-corrected chi connectivity index (χ4v) is 4.71. The van der Waals surface area contributed by atoms with E-state index in [1.165, 1.54) is 18.3 Å². The molecule has 1 aliphatic rings. The van der Waals surface area contributed by atoms with Gasteiger partial charge in [-0.3, -0.25) is 4.79 Å². The van der Waals surface area contributed by atoms with Crippen LogP contribution in [0.5, 0.6) is 0 Å². The van der Waals surface area contributed by atoms with Crippen LogP contribution in [0.3, 0.4) is 0 Å². The van der Waals surface area contributed by atoms with E-state index >= 15 is 8.78 Å². The molecule has 0 radical (unpaired) electrons. The average Bonchev–Trinajstić information content (AvgIpc) is 3.56. The van der Waals surface area contributed by atoms with E-state index in [1.807, 2.05) is 18.7 Å². The van der Waals surface area contributed by atoms with Gasteiger partial charge >= 0.3 is 6.09 Å². The molecule has 1 aromatic heterocycles. The third kappa shape index (κ3) is 9.75. The van der Waals surface area contributed by atoms with Crippen LogP contribution in [0.2, 0.25) is 0 Å². The molecule has 0 N–H and O–H groups in total. The Morgan fingerprint density at radius 3 is 2.49 bits per heavy atom. The van der Waals surface area contributed by atoms with E-state index in [9.17, 15) is 9.59 Å². The smallest absolute Gasteiger partial charge is 0.410 e. The zero-order valence-corrected chi connectivity index (χ0v) is 25.9. The summed E-state index contributed by atoms with van der Waals surface area (Å²) in [4.78, 5) is 28.5. The Bertz CT molecular complexity index is 1460. The van der Waals surface area contributed by atoms with Gasteiger partial charge in [-0.05, 0) is 41.5 Å². The van der Waals surface area contributed by atoms with E-state index in [2.05, 4.69) is 23.5 Å². The number of amides is 1. The van der Waals surface area contributed by atoms with E-state index in [0.29, 0.717) is 61.7 Å². The number of halogens is 2. The van der Waals surface area contributed by atoms with E-state index in [4.69, 9.17) is 9.47 Å². The normalized spacial score (nSPS) is 13.4. The molecule has 3 aromatic rings. The number of aromatic nitrogens is 3. The van der Waals surface area contributed by atoms with Gasteiger partial charge in [0, 0.05) is 50.7 Å². The number of benzene rings is 2. The van der Waals surface area contributed by atoms with Crippen LogP contribution in [0.25, 0.3) is 11.1 Å².